The lowest BCUT2D eigenvalue weighted by Gasteiger charge is -2.22. The van der Waals surface area contributed by atoms with Crippen LogP contribution in [0, 0.1) is 0 Å². The van der Waals surface area contributed by atoms with Crippen molar-refractivity contribution in [2.24, 2.45) is 0 Å². The van der Waals surface area contributed by atoms with Crippen LogP contribution in [-0.2, 0) is 6.42 Å². The normalized spacial score (nSPS) is 10.8. The van der Waals surface area contributed by atoms with Crippen LogP contribution in [-0.4, -0.2) is 23.3 Å². The van der Waals surface area contributed by atoms with Crippen molar-refractivity contribution < 1.29 is 4.79 Å². The predicted molar refractivity (Wildman–Crippen MR) is 84.9 cm³/mol. The number of pyridine rings is 1. The van der Waals surface area contributed by atoms with Crippen molar-refractivity contribution in [1.82, 2.24) is 4.98 Å². The van der Waals surface area contributed by atoms with Crippen molar-refractivity contribution in [2.45, 2.75) is 27.2 Å². The number of halogens is 1. The summed E-state index contributed by atoms with van der Waals surface area (Å²) >= 11 is 5.73. The highest BCUT2D eigenvalue weighted by Gasteiger charge is 2.16. The Hall–Kier alpha value is -1.61. The minimum absolute atomic E-state index is 0.455. The Morgan fingerprint density at radius 2 is 1.90 bits per heavy atom. The smallest absolute Gasteiger partial charge is 0.256 e. The number of nitrogens with zero attached hydrogens (tertiary/aromatic N) is 2. The fourth-order valence-corrected chi connectivity index (χ4v) is 2.48. The Bertz CT molecular complexity index is 636. The number of anilines is 1. The zero-order valence-electron chi connectivity index (χ0n) is 12.1. The molecule has 0 atom stereocenters. The molecule has 0 unspecified atom stereocenters. The molecule has 2 aromatic rings. The van der Waals surface area contributed by atoms with Crippen molar-refractivity contribution in [3.63, 3.8) is 0 Å². The molecule has 4 heteroatoms. The standard InChI is InChI=1S/C16H19ClN2O/c1-4-11-7-8-14-12(9-11)10-13(15(17)20)16(18-14)19(5-2)6-3/h7-10H,4-6H2,1-3H3. The fraction of sp³-hybridized carbons (Fsp3) is 0.375. The quantitative estimate of drug-likeness (QED) is 0.780. The molecule has 20 heavy (non-hydrogen) atoms. The first-order valence-corrected chi connectivity index (χ1v) is 7.36. The maximum absolute atomic E-state index is 11.7. The Balaban J connectivity index is 2.67. The fourth-order valence-electron chi connectivity index (χ4n) is 2.34. The first kappa shape index (κ1) is 14.8. The number of fused-ring (bicyclic) bond motifs is 1. The molecule has 0 N–H and O–H groups in total. The van der Waals surface area contributed by atoms with Crippen LogP contribution in [0.2, 0.25) is 0 Å². The SMILES string of the molecule is CCc1ccc2nc(N(CC)CC)c(C(=O)Cl)cc2c1. The highest BCUT2D eigenvalue weighted by Crippen LogP contribution is 2.26. The molecule has 0 bridgehead atoms. The van der Waals surface area contributed by atoms with Gasteiger partial charge in [0.25, 0.3) is 5.24 Å². The topological polar surface area (TPSA) is 33.2 Å². The van der Waals surface area contributed by atoms with E-state index < -0.39 is 5.24 Å². The number of rotatable bonds is 5. The lowest BCUT2D eigenvalue weighted by molar-refractivity contribution is 0.108. The maximum atomic E-state index is 11.7. The van der Waals surface area contributed by atoms with Crippen LogP contribution in [0.15, 0.2) is 24.3 Å². The highest BCUT2D eigenvalue weighted by molar-refractivity contribution is 6.68. The summed E-state index contributed by atoms with van der Waals surface area (Å²) in [7, 11) is 0. The Morgan fingerprint density at radius 3 is 2.45 bits per heavy atom. The number of benzene rings is 1. The molecule has 0 amide bonds. The van der Waals surface area contributed by atoms with Gasteiger partial charge < -0.3 is 4.90 Å². The average Bonchev–Trinajstić information content (AvgIpc) is 2.47. The molecule has 0 aliphatic heterocycles. The molecule has 0 spiro atoms. The summed E-state index contributed by atoms with van der Waals surface area (Å²) in [5.74, 6) is 0.673. The molecule has 3 nitrogen and oxygen atoms in total. The van der Waals surface area contributed by atoms with Crippen molar-refractivity contribution >= 4 is 33.6 Å². The minimum Gasteiger partial charge on any atom is -0.357 e. The van der Waals surface area contributed by atoms with Crippen molar-refractivity contribution in [2.75, 3.05) is 18.0 Å². The Morgan fingerprint density at radius 1 is 1.20 bits per heavy atom. The van der Waals surface area contributed by atoms with Crippen LogP contribution in [0.4, 0.5) is 5.82 Å². The van der Waals surface area contributed by atoms with E-state index in [1.165, 1.54) is 5.56 Å². The molecule has 1 heterocycles. The van der Waals surface area contributed by atoms with Gasteiger partial charge in [-0.1, -0.05) is 13.0 Å². The van der Waals surface area contributed by atoms with Gasteiger partial charge >= 0.3 is 0 Å². The predicted octanol–water partition coefficient (Wildman–Crippen LogP) is 4.02. The molecule has 0 aliphatic rings. The largest absolute Gasteiger partial charge is 0.357 e. The van der Waals surface area contributed by atoms with Gasteiger partial charge in [-0.25, -0.2) is 4.98 Å². The molecule has 106 valence electrons. The molecule has 0 fully saturated rings. The molecular weight excluding hydrogens is 272 g/mol. The third kappa shape index (κ3) is 2.78. The van der Waals surface area contributed by atoms with E-state index in [9.17, 15) is 4.79 Å². The van der Waals surface area contributed by atoms with Gasteiger partial charge in [0.05, 0.1) is 11.1 Å². The summed E-state index contributed by atoms with van der Waals surface area (Å²) in [6.45, 7) is 7.76. The van der Waals surface area contributed by atoms with E-state index in [1.54, 1.807) is 0 Å². The van der Waals surface area contributed by atoms with Crippen molar-refractivity contribution in [1.29, 1.82) is 0 Å². The second kappa shape index (κ2) is 6.23. The van der Waals surface area contributed by atoms with Gasteiger partial charge in [0.1, 0.15) is 5.82 Å². The summed E-state index contributed by atoms with van der Waals surface area (Å²) in [6, 6.07) is 8.00. The van der Waals surface area contributed by atoms with Gasteiger partial charge in [-0.05, 0) is 55.6 Å². The number of carbonyl (C=O) groups is 1. The Labute approximate surface area is 124 Å². The summed E-state index contributed by atoms with van der Waals surface area (Å²) in [5.41, 5.74) is 2.60. The van der Waals surface area contributed by atoms with Gasteiger partial charge in [-0.3, -0.25) is 4.79 Å². The molecule has 0 saturated heterocycles. The van der Waals surface area contributed by atoms with Gasteiger partial charge in [0.2, 0.25) is 0 Å². The van der Waals surface area contributed by atoms with Crippen molar-refractivity contribution in [3.8, 4) is 0 Å². The van der Waals surface area contributed by atoms with Gasteiger partial charge in [0.15, 0.2) is 0 Å². The first-order valence-electron chi connectivity index (χ1n) is 6.99. The summed E-state index contributed by atoms with van der Waals surface area (Å²) in [6.07, 6.45) is 0.956. The third-order valence-electron chi connectivity index (χ3n) is 3.54. The van der Waals surface area contributed by atoms with E-state index in [0.717, 1.165) is 30.4 Å². The highest BCUT2D eigenvalue weighted by atomic mass is 35.5. The Kier molecular flexibility index (Phi) is 4.61. The number of carbonyl (C=O) groups excluding carboxylic acids is 1. The van der Waals surface area contributed by atoms with E-state index in [2.05, 4.69) is 24.0 Å². The van der Waals surface area contributed by atoms with Crippen LogP contribution in [0.1, 0.15) is 36.7 Å². The number of hydrogen-bond acceptors (Lipinski definition) is 3. The molecule has 1 aromatic carbocycles. The lowest BCUT2D eigenvalue weighted by atomic mass is 10.1. The van der Waals surface area contributed by atoms with E-state index in [4.69, 9.17) is 11.6 Å². The summed E-state index contributed by atoms with van der Waals surface area (Å²) < 4.78 is 0. The summed E-state index contributed by atoms with van der Waals surface area (Å²) in [5, 5.41) is 0.507. The van der Waals surface area contributed by atoms with Gasteiger partial charge in [-0.15, -0.1) is 0 Å². The van der Waals surface area contributed by atoms with E-state index in [1.807, 2.05) is 30.9 Å². The molecule has 2 rings (SSSR count). The van der Waals surface area contributed by atoms with Gasteiger partial charge in [0, 0.05) is 18.5 Å². The van der Waals surface area contributed by atoms with Crippen LogP contribution in [0.3, 0.4) is 0 Å². The number of aromatic nitrogens is 1. The van der Waals surface area contributed by atoms with Crippen LogP contribution < -0.4 is 4.90 Å². The van der Waals surface area contributed by atoms with Crippen LogP contribution >= 0.6 is 11.6 Å². The molecule has 0 saturated carbocycles. The minimum atomic E-state index is -0.455. The number of aryl methyl sites for hydroxylation is 1. The second-order valence-electron chi connectivity index (χ2n) is 4.69. The van der Waals surface area contributed by atoms with Crippen molar-refractivity contribution in [3.05, 3.63) is 35.4 Å². The maximum Gasteiger partial charge on any atom is 0.256 e. The summed E-state index contributed by atoms with van der Waals surface area (Å²) in [4.78, 5) is 18.4. The zero-order valence-corrected chi connectivity index (χ0v) is 12.9. The number of hydrogen-bond donors (Lipinski definition) is 0. The monoisotopic (exact) mass is 290 g/mol. The van der Waals surface area contributed by atoms with Gasteiger partial charge in [-0.2, -0.15) is 0 Å². The second-order valence-corrected chi connectivity index (χ2v) is 5.03. The first-order chi connectivity index (χ1) is 9.60. The third-order valence-corrected chi connectivity index (χ3v) is 3.75. The molecular formula is C16H19ClN2O. The zero-order chi connectivity index (χ0) is 14.7. The molecule has 0 aliphatic carbocycles. The average molecular weight is 291 g/mol. The van der Waals surface area contributed by atoms with Crippen LogP contribution in [0.5, 0.6) is 0 Å². The molecule has 1 aromatic heterocycles. The molecule has 0 radical (unpaired) electrons. The van der Waals surface area contributed by atoms with Crippen LogP contribution in [0.25, 0.3) is 10.9 Å². The van der Waals surface area contributed by atoms with E-state index in [-0.39, 0.29) is 0 Å². The lowest BCUT2D eigenvalue weighted by Crippen LogP contribution is -2.25. The van der Waals surface area contributed by atoms with E-state index >= 15 is 0 Å². The van der Waals surface area contributed by atoms with E-state index in [0.29, 0.717) is 11.4 Å².